The van der Waals surface area contributed by atoms with Crippen LogP contribution in [0.25, 0.3) is 0 Å². The first-order valence-electron chi connectivity index (χ1n) is 16.1. The Bertz CT molecular complexity index is 1710. The lowest BCUT2D eigenvalue weighted by molar-refractivity contribution is -0.140. The van der Waals surface area contributed by atoms with Crippen molar-refractivity contribution in [2.75, 3.05) is 24.0 Å². The summed E-state index contributed by atoms with van der Waals surface area (Å²) in [5, 5.41) is 3.02. The van der Waals surface area contributed by atoms with Crippen molar-refractivity contribution in [3.8, 4) is 5.75 Å². The Hall–Kier alpha value is -4.63. The Balaban J connectivity index is 1.82. The molecule has 0 heterocycles. The molecule has 4 aromatic carbocycles. The Kier molecular flexibility index (Phi) is 12.6. The topological polar surface area (TPSA) is 96.0 Å². The molecule has 8 nitrogen and oxygen atoms in total. The third-order valence-electron chi connectivity index (χ3n) is 7.90. The van der Waals surface area contributed by atoms with Gasteiger partial charge in [0.1, 0.15) is 18.3 Å². The molecule has 1 N–H and O–H groups in total. The lowest BCUT2D eigenvalue weighted by Gasteiger charge is -2.34. The van der Waals surface area contributed by atoms with Crippen LogP contribution in [0.4, 0.5) is 5.69 Å². The van der Waals surface area contributed by atoms with Gasteiger partial charge in [-0.25, -0.2) is 8.42 Å². The van der Waals surface area contributed by atoms with E-state index in [0.29, 0.717) is 18.9 Å². The van der Waals surface area contributed by atoms with Crippen molar-refractivity contribution >= 4 is 27.5 Å². The molecular weight excluding hydrogens is 611 g/mol. The number of aryl methyl sites for hydroxylation is 2. The zero-order valence-corrected chi connectivity index (χ0v) is 28.5. The van der Waals surface area contributed by atoms with E-state index in [9.17, 15) is 18.0 Å². The van der Waals surface area contributed by atoms with E-state index >= 15 is 0 Å². The van der Waals surface area contributed by atoms with Crippen LogP contribution in [0.3, 0.4) is 0 Å². The molecule has 9 heteroatoms. The molecular formula is C38H45N3O5S. The minimum atomic E-state index is -4.24. The minimum Gasteiger partial charge on any atom is -0.492 e. The number of amides is 2. The fourth-order valence-electron chi connectivity index (χ4n) is 5.24. The van der Waals surface area contributed by atoms with Crippen molar-refractivity contribution in [3.63, 3.8) is 0 Å². The van der Waals surface area contributed by atoms with Crippen LogP contribution < -0.4 is 14.4 Å². The maximum Gasteiger partial charge on any atom is 0.264 e. The standard InChI is InChI=1S/C38H45N3O5S/c1-5-7-25-39-38(43)35(26-31-13-9-8-10-14-31)40(27-32-21-17-29(3)18-22-32)37(42)28-41(34-15-11-12-16-36(34)46-6-2)47(44,45)33-23-19-30(4)20-24-33/h8-24,35H,5-7,25-28H2,1-4H3,(H,39,43)/t35-/m1/s1. The molecule has 1 atom stereocenters. The summed E-state index contributed by atoms with van der Waals surface area (Å²) in [4.78, 5) is 30.1. The number of carbonyl (C=O) groups excluding carboxylic acids is 2. The van der Waals surface area contributed by atoms with E-state index in [0.717, 1.165) is 39.4 Å². The van der Waals surface area contributed by atoms with E-state index in [1.54, 1.807) is 36.4 Å². The van der Waals surface area contributed by atoms with Gasteiger partial charge in [-0.05, 0) is 62.6 Å². The normalized spacial score (nSPS) is 11.8. The molecule has 0 fully saturated rings. The lowest BCUT2D eigenvalue weighted by atomic mass is 10.0. The molecule has 0 saturated heterocycles. The van der Waals surface area contributed by atoms with Crippen LogP contribution in [0, 0.1) is 13.8 Å². The van der Waals surface area contributed by atoms with Crippen molar-refractivity contribution in [2.45, 2.75) is 64.4 Å². The van der Waals surface area contributed by atoms with E-state index in [-0.39, 0.29) is 29.5 Å². The summed E-state index contributed by atoms with van der Waals surface area (Å²) in [5.74, 6) is -0.466. The maximum absolute atomic E-state index is 14.7. The minimum absolute atomic E-state index is 0.0467. The number of ether oxygens (including phenoxy) is 1. The molecule has 47 heavy (non-hydrogen) atoms. The second-order valence-corrected chi connectivity index (χ2v) is 13.4. The third-order valence-corrected chi connectivity index (χ3v) is 9.67. The zero-order valence-electron chi connectivity index (χ0n) is 27.7. The van der Waals surface area contributed by atoms with Gasteiger partial charge in [-0.2, -0.15) is 0 Å². The summed E-state index contributed by atoms with van der Waals surface area (Å²) in [6, 6.07) is 29.7. The molecule has 0 saturated carbocycles. The number of hydrogen-bond acceptors (Lipinski definition) is 5. The molecule has 4 aromatic rings. The highest BCUT2D eigenvalue weighted by Crippen LogP contribution is 2.33. The van der Waals surface area contributed by atoms with Gasteiger partial charge < -0.3 is 15.0 Å². The number of sulfonamides is 1. The van der Waals surface area contributed by atoms with Gasteiger partial charge in [-0.15, -0.1) is 0 Å². The molecule has 2 amide bonds. The Morgan fingerprint density at radius 1 is 0.787 bits per heavy atom. The van der Waals surface area contributed by atoms with Gasteiger partial charge in [-0.3, -0.25) is 13.9 Å². The average Bonchev–Trinajstić information content (AvgIpc) is 3.07. The number of anilines is 1. The fraction of sp³-hybridized carbons (Fsp3) is 0.316. The Labute approximate surface area is 279 Å². The number of unbranched alkanes of at least 4 members (excludes halogenated alkanes) is 1. The van der Waals surface area contributed by atoms with Gasteiger partial charge in [0.25, 0.3) is 10.0 Å². The number of hydrogen-bond donors (Lipinski definition) is 1. The summed E-state index contributed by atoms with van der Waals surface area (Å²) in [7, 11) is -4.24. The molecule has 0 aliphatic heterocycles. The van der Waals surface area contributed by atoms with E-state index < -0.39 is 28.5 Å². The van der Waals surface area contributed by atoms with Gasteiger partial charge in [0, 0.05) is 19.5 Å². The Morgan fingerprint density at radius 3 is 2.04 bits per heavy atom. The zero-order chi connectivity index (χ0) is 33.8. The second kappa shape index (κ2) is 16.8. The number of nitrogens with zero attached hydrogens (tertiary/aromatic N) is 2. The summed E-state index contributed by atoms with van der Waals surface area (Å²) < 4.78 is 35.6. The molecule has 0 aliphatic rings. The quantitative estimate of drug-likeness (QED) is 0.140. The summed E-state index contributed by atoms with van der Waals surface area (Å²) in [6.45, 7) is 8.07. The van der Waals surface area contributed by atoms with Crippen LogP contribution in [0.2, 0.25) is 0 Å². The highest BCUT2D eigenvalue weighted by molar-refractivity contribution is 7.92. The molecule has 4 rings (SSSR count). The van der Waals surface area contributed by atoms with Gasteiger partial charge in [0.15, 0.2) is 0 Å². The number of carbonyl (C=O) groups is 2. The monoisotopic (exact) mass is 655 g/mol. The molecule has 248 valence electrons. The highest BCUT2D eigenvalue weighted by Gasteiger charge is 2.35. The van der Waals surface area contributed by atoms with E-state index in [1.807, 2.05) is 82.3 Å². The average molecular weight is 656 g/mol. The first-order valence-corrected chi connectivity index (χ1v) is 17.6. The van der Waals surface area contributed by atoms with Crippen LogP contribution in [0.1, 0.15) is 48.9 Å². The highest BCUT2D eigenvalue weighted by atomic mass is 32.2. The first kappa shape index (κ1) is 35.2. The second-order valence-electron chi connectivity index (χ2n) is 11.6. The first-order chi connectivity index (χ1) is 22.6. The molecule has 0 unspecified atom stereocenters. The van der Waals surface area contributed by atoms with Gasteiger partial charge in [0.05, 0.1) is 17.2 Å². The molecule has 0 radical (unpaired) electrons. The van der Waals surface area contributed by atoms with Gasteiger partial charge in [-0.1, -0.05) is 103 Å². The number of rotatable bonds is 16. The van der Waals surface area contributed by atoms with Crippen LogP contribution in [0.5, 0.6) is 5.75 Å². The summed E-state index contributed by atoms with van der Waals surface area (Å²) in [6.07, 6.45) is 1.96. The van der Waals surface area contributed by atoms with E-state index in [1.165, 1.54) is 17.0 Å². The van der Waals surface area contributed by atoms with E-state index in [2.05, 4.69) is 5.32 Å². The predicted molar refractivity (Wildman–Crippen MR) is 187 cm³/mol. The van der Waals surface area contributed by atoms with Crippen molar-refractivity contribution in [3.05, 3.63) is 125 Å². The van der Waals surface area contributed by atoms with Crippen molar-refractivity contribution in [2.24, 2.45) is 0 Å². The van der Waals surface area contributed by atoms with Crippen LogP contribution in [-0.2, 0) is 32.6 Å². The van der Waals surface area contributed by atoms with Crippen molar-refractivity contribution in [1.82, 2.24) is 10.2 Å². The van der Waals surface area contributed by atoms with E-state index in [4.69, 9.17) is 4.74 Å². The fourth-order valence-corrected chi connectivity index (χ4v) is 6.67. The predicted octanol–water partition coefficient (Wildman–Crippen LogP) is 6.45. The number of benzene rings is 4. The smallest absolute Gasteiger partial charge is 0.264 e. The SMILES string of the molecule is CCCCNC(=O)[C@@H](Cc1ccccc1)N(Cc1ccc(C)cc1)C(=O)CN(c1ccccc1OCC)S(=O)(=O)c1ccc(C)cc1. The van der Waals surface area contributed by atoms with Crippen LogP contribution >= 0.6 is 0 Å². The van der Waals surface area contributed by atoms with Crippen molar-refractivity contribution < 1.29 is 22.7 Å². The molecule has 0 aliphatic carbocycles. The number of nitrogens with one attached hydrogen (secondary N) is 1. The summed E-state index contributed by atoms with van der Waals surface area (Å²) in [5.41, 5.74) is 3.92. The summed E-state index contributed by atoms with van der Waals surface area (Å²) >= 11 is 0. The van der Waals surface area contributed by atoms with Crippen LogP contribution in [0.15, 0.2) is 108 Å². The van der Waals surface area contributed by atoms with Crippen molar-refractivity contribution in [1.29, 1.82) is 0 Å². The molecule has 0 aromatic heterocycles. The molecule has 0 bridgehead atoms. The third kappa shape index (κ3) is 9.45. The van der Waals surface area contributed by atoms with Crippen LogP contribution in [-0.4, -0.2) is 50.9 Å². The molecule has 0 spiro atoms. The Morgan fingerprint density at radius 2 is 1.40 bits per heavy atom. The number of para-hydroxylation sites is 2. The lowest BCUT2D eigenvalue weighted by Crippen LogP contribution is -2.53. The largest absolute Gasteiger partial charge is 0.492 e. The van der Waals surface area contributed by atoms with Gasteiger partial charge in [0.2, 0.25) is 11.8 Å². The maximum atomic E-state index is 14.7. The van der Waals surface area contributed by atoms with Gasteiger partial charge >= 0.3 is 0 Å².